The van der Waals surface area contributed by atoms with E-state index >= 15 is 0 Å². The highest BCUT2D eigenvalue weighted by Crippen LogP contribution is 2.22. The van der Waals surface area contributed by atoms with Gasteiger partial charge in [0.05, 0.1) is 13.7 Å². The fourth-order valence-electron chi connectivity index (χ4n) is 2.05. The number of anilines is 1. The van der Waals surface area contributed by atoms with E-state index in [2.05, 4.69) is 9.88 Å². The number of hydrogen-bond acceptors (Lipinski definition) is 6. The second-order valence-corrected chi connectivity index (χ2v) is 5.56. The van der Waals surface area contributed by atoms with Gasteiger partial charge in [0.15, 0.2) is 5.13 Å². The summed E-state index contributed by atoms with van der Waals surface area (Å²) < 4.78 is 5.36. The van der Waals surface area contributed by atoms with Gasteiger partial charge in [-0.1, -0.05) is 18.2 Å². The van der Waals surface area contributed by atoms with Crippen LogP contribution in [0.4, 0.5) is 5.13 Å². The van der Waals surface area contributed by atoms with Crippen LogP contribution in [0.1, 0.15) is 10.4 Å². The van der Waals surface area contributed by atoms with Crippen molar-refractivity contribution in [1.29, 1.82) is 0 Å². The van der Waals surface area contributed by atoms with Crippen molar-refractivity contribution < 1.29 is 9.84 Å². The molecule has 0 aliphatic heterocycles. The van der Waals surface area contributed by atoms with E-state index in [9.17, 15) is 5.11 Å². The Morgan fingerprint density at radius 1 is 1.35 bits per heavy atom. The van der Waals surface area contributed by atoms with Crippen molar-refractivity contribution in [2.75, 3.05) is 26.0 Å². The predicted molar refractivity (Wildman–Crippen MR) is 80.7 cm³/mol. The maximum Gasteiger partial charge on any atom is 0.180 e. The minimum absolute atomic E-state index is 0.115. The van der Waals surface area contributed by atoms with E-state index in [0.717, 1.165) is 16.2 Å². The number of rotatable bonds is 7. The van der Waals surface area contributed by atoms with E-state index in [1.54, 1.807) is 13.3 Å². The molecule has 0 aliphatic rings. The first-order valence-electron chi connectivity index (χ1n) is 6.38. The third kappa shape index (κ3) is 3.93. The van der Waals surface area contributed by atoms with Crippen LogP contribution in [-0.4, -0.2) is 35.3 Å². The molecule has 1 heterocycles. The van der Waals surface area contributed by atoms with E-state index in [1.165, 1.54) is 11.3 Å². The van der Waals surface area contributed by atoms with Crippen LogP contribution >= 0.6 is 11.3 Å². The average Bonchev–Trinajstić information content (AvgIpc) is 2.85. The number of ether oxygens (including phenoxy) is 1. The molecular formula is C14H19N3O2S. The van der Waals surface area contributed by atoms with E-state index in [-0.39, 0.29) is 6.61 Å². The zero-order chi connectivity index (χ0) is 14.4. The molecule has 1 aromatic carbocycles. The number of para-hydroxylation sites is 1. The van der Waals surface area contributed by atoms with Gasteiger partial charge in [0.2, 0.25) is 0 Å². The number of aromatic nitrogens is 1. The van der Waals surface area contributed by atoms with Crippen molar-refractivity contribution in [3.63, 3.8) is 0 Å². The Labute approximate surface area is 122 Å². The Bertz CT molecular complexity index is 545. The average molecular weight is 293 g/mol. The Hall–Kier alpha value is -1.63. The van der Waals surface area contributed by atoms with Crippen LogP contribution in [0, 0.1) is 0 Å². The van der Waals surface area contributed by atoms with E-state index in [0.29, 0.717) is 24.8 Å². The number of benzene rings is 1. The minimum atomic E-state index is 0.115. The highest BCUT2D eigenvalue weighted by Gasteiger charge is 2.11. The van der Waals surface area contributed by atoms with Gasteiger partial charge < -0.3 is 15.6 Å². The number of nitrogens with two attached hydrogens (primary N) is 1. The van der Waals surface area contributed by atoms with Crippen molar-refractivity contribution in [3.05, 3.63) is 40.9 Å². The Balaban J connectivity index is 2.08. The summed E-state index contributed by atoms with van der Waals surface area (Å²) in [6.45, 7) is 2.13. The third-order valence-corrected chi connectivity index (χ3v) is 3.76. The fourth-order valence-corrected chi connectivity index (χ4v) is 2.77. The van der Waals surface area contributed by atoms with Crippen LogP contribution in [0.15, 0.2) is 30.5 Å². The largest absolute Gasteiger partial charge is 0.496 e. The maximum atomic E-state index is 9.21. The van der Waals surface area contributed by atoms with Crippen LogP contribution in [0.25, 0.3) is 0 Å². The first-order chi connectivity index (χ1) is 9.72. The molecule has 0 fully saturated rings. The quantitative estimate of drug-likeness (QED) is 0.813. The summed E-state index contributed by atoms with van der Waals surface area (Å²) >= 11 is 1.47. The van der Waals surface area contributed by atoms with Crippen molar-refractivity contribution in [2.24, 2.45) is 0 Å². The van der Waals surface area contributed by atoms with Gasteiger partial charge in [0, 0.05) is 36.3 Å². The van der Waals surface area contributed by atoms with E-state index in [1.807, 2.05) is 24.3 Å². The summed E-state index contributed by atoms with van der Waals surface area (Å²) in [6, 6.07) is 7.91. The second kappa shape index (κ2) is 7.23. The van der Waals surface area contributed by atoms with Crippen LogP contribution < -0.4 is 10.5 Å². The van der Waals surface area contributed by atoms with E-state index in [4.69, 9.17) is 10.5 Å². The molecule has 0 saturated carbocycles. The molecule has 0 spiro atoms. The van der Waals surface area contributed by atoms with Gasteiger partial charge >= 0.3 is 0 Å². The maximum absolute atomic E-state index is 9.21. The third-order valence-electron chi connectivity index (χ3n) is 2.95. The molecule has 0 amide bonds. The van der Waals surface area contributed by atoms with Crippen molar-refractivity contribution >= 4 is 16.5 Å². The SMILES string of the molecule is COc1ccccc1CN(CCO)Cc1cnc(N)s1. The summed E-state index contributed by atoms with van der Waals surface area (Å²) in [4.78, 5) is 7.29. The summed E-state index contributed by atoms with van der Waals surface area (Å²) in [5, 5.41) is 9.79. The highest BCUT2D eigenvalue weighted by molar-refractivity contribution is 7.15. The molecule has 3 N–H and O–H groups in total. The Kier molecular flexibility index (Phi) is 5.34. The highest BCUT2D eigenvalue weighted by atomic mass is 32.1. The number of nitrogen functional groups attached to an aromatic ring is 1. The lowest BCUT2D eigenvalue weighted by Gasteiger charge is -2.21. The standard InChI is InChI=1S/C14H19N3O2S/c1-19-13-5-3-2-4-11(13)9-17(6-7-18)10-12-8-16-14(15)20-12/h2-5,8,18H,6-7,9-10H2,1H3,(H2,15,16). The predicted octanol–water partition coefficient (Wildman–Crippen LogP) is 1.73. The lowest BCUT2D eigenvalue weighted by molar-refractivity contribution is 0.184. The second-order valence-electron chi connectivity index (χ2n) is 4.41. The monoisotopic (exact) mass is 293 g/mol. The number of thiazole rings is 1. The molecule has 2 rings (SSSR count). The molecule has 0 atom stereocenters. The topological polar surface area (TPSA) is 71.6 Å². The molecule has 0 unspecified atom stereocenters. The number of nitrogens with zero attached hydrogens (tertiary/aromatic N) is 2. The van der Waals surface area contributed by atoms with Gasteiger partial charge in [-0.3, -0.25) is 4.90 Å². The molecular weight excluding hydrogens is 274 g/mol. The van der Waals surface area contributed by atoms with Gasteiger partial charge in [-0.05, 0) is 6.07 Å². The zero-order valence-corrected chi connectivity index (χ0v) is 12.3. The molecule has 5 nitrogen and oxygen atoms in total. The summed E-state index contributed by atoms with van der Waals surface area (Å²) in [5.74, 6) is 0.860. The first-order valence-corrected chi connectivity index (χ1v) is 7.20. The van der Waals surface area contributed by atoms with E-state index < -0.39 is 0 Å². The van der Waals surface area contributed by atoms with Crippen LogP contribution in [-0.2, 0) is 13.1 Å². The van der Waals surface area contributed by atoms with Gasteiger partial charge in [0.1, 0.15) is 5.75 Å². The molecule has 0 saturated heterocycles. The summed E-state index contributed by atoms with van der Waals surface area (Å²) in [6.07, 6.45) is 1.78. The van der Waals surface area contributed by atoms with Gasteiger partial charge in [-0.2, -0.15) is 0 Å². The number of methoxy groups -OCH3 is 1. The van der Waals surface area contributed by atoms with Gasteiger partial charge in [0.25, 0.3) is 0 Å². The van der Waals surface area contributed by atoms with Crippen LogP contribution in [0.5, 0.6) is 5.75 Å². The summed E-state index contributed by atoms with van der Waals surface area (Å²) in [5.41, 5.74) is 6.74. The van der Waals surface area contributed by atoms with Crippen molar-refractivity contribution in [1.82, 2.24) is 9.88 Å². The summed E-state index contributed by atoms with van der Waals surface area (Å²) in [7, 11) is 1.67. The van der Waals surface area contributed by atoms with Crippen molar-refractivity contribution in [2.45, 2.75) is 13.1 Å². The zero-order valence-electron chi connectivity index (χ0n) is 11.5. The minimum Gasteiger partial charge on any atom is -0.496 e. The Morgan fingerprint density at radius 3 is 2.80 bits per heavy atom. The molecule has 20 heavy (non-hydrogen) atoms. The number of aliphatic hydroxyl groups excluding tert-OH is 1. The fraction of sp³-hybridized carbons (Fsp3) is 0.357. The molecule has 0 radical (unpaired) electrons. The molecule has 0 aliphatic carbocycles. The normalized spacial score (nSPS) is 10.9. The number of aliphatic hydroxyl groups is 1. The smallest absolute Gasteiger partial charge is 0.180 e. The molecule has 1 aromatic heterocycles. The lowest BCUT2D eigenvalue weighted by Crippen LogP contribution is -2.25. The molecule has 2 aromatic rings. The van der Waals surface area contributed by atoms with Gasteiger partial charge in [-0.15, -0.1) is 11.3 Å². The molecule has 0 bridgehead atoms. The molecule has 6 heteroatoms. The van der Waals surface area contributed by atoms with Gasteiger partial charge in [-0.25, -0.2) is 4.98 Å². The molecule has 108 valence electrons. The Morgan fingerprint density at radius 2 is 2.15 bits per heavy atom. The van der Waals surface area contributed by atoms with Crippen LogP contribution in [0.3, 0.4) is 0 Å². The first kappa shape index (κ1) is 14.8. The number of hydrogen-bond donors (Lipinski definition) is 2. The van der Waals surface area contributed by atoms with Crippen LogP contribution in [0.2, 0.25) is 0 Å². The van der Waals surface area contributed by atoms with Crippen molar-refractivity contribution in [3.8, 4) is 5.75 Å². The lowest BCUT2D eigenvalue weighted by atomic mass is 10.2.